The van der Waals surface area contributed by atoms with Crippen LogP contribution < -0.4 is 0 Å². The molecule has 0 saturated heterocycles. The molecule has 0 aliphatic rings. The second-order valence-electron chi connectivity index (χ2n) is 5.30. The molecule has 13 heteroatoms. The number of furan rings is 1. The van der Waals surface area contributed by atoms with Gasteiger partial charge in [0.15, 0.2) is 0 Å². The summed E-state index contributed by atoms with van der Waals surface area (Å²) < 4.78 is 115. The Hall–Kier alpha value is -2.22. The molecule has 1 heterocycles. The van der Waals surface area contributed by atoms with Crippen molar-refractivity contribution in [2.45, 2.75) is 16.3 Å². The lowest BCUT2D eigenvalue weighted by Crippen LogP contribution is -2.49. The van der Waals surface area contributed by atoms with Crippen LogP contribution in [0.5, 0.6) is 0 Å². The molecule has 27 heavy (non-hydrogen) atoms. The van der Waals surface area contributed by atoms with Gasteiger partial charge in [-0.2, -0.15) is 38.6 Å². The van der Waals surface area contributed by atoms with Gasteiger partial charge in [-0.05, 0) is 18.2 Å². The smallest absolute Gasteiger partial charge is 0.456 e. The highest BCUT2D eigenvalue weighted by molar-refractivity contribution is 7.87. The lowest BCUT2D eigenvalue weighted by Gasteiger charge is -2.22. The number of rotatable bonds is 5. The maximum absolute atomic E-state index is 13.4. The predicted molar refractivity (Wildman–Crippen MR) is 83.4 cm³/mol. The van der Waals surface area contributed by atoms with Crippen LogP contribution in [0.4, 0.5) is 17.6 Å². The Morgan fingerprint density at radius 2 is 1.48 bits per heavy atom. The third kappa shape index (κ3) is 3.16. The third-order valence-electron chi connectivity index (χ3n) is 3.52. The highest BCUT2D eigenvalue weighted by Crippen LogP contribution is 2.41. The number of alkyl halides is 4. The van der Waals surface area contributed by atoms with Gasteiger partial charge in [0.05, 0.1) is 4.90 Å². The fourth-order valence-corrected chi connectivity index (χ4v) is 3.60. The minimum absolute atomic E-state index is 0.0641. The van der Waals surface area contributed by atoms with Crippen LogP contribution in [0, 0.1) is 0 Å². The van der Waals surface area contributed by atoms with Crippen molar-refractivity contribution in [1.82, 2.24) is 0 Å². The van der Waals surface area contributed by atoms with E-state index in [2.05, 4.69) is 4.18 Å². The van der Waals surface area contributed by atoms with Gasteiger partial charge >= 0.3 is 31.6 Å². The predicted octanol–water partition coefficient (Wildman–Crippen LogP) is 3.36. The molecule has 0 amide bonds. The lowest BCUT2D eigenvalue weighted by atomic mass is 10.2. The first-order chi connectivity index (χ1) is 12.3. The van der Waals surface area contributed by atoms with E-state index in [4.69, 9.17) is 8.97 Å². The standard InChI is InChI=1S/C14H8F4O7S2/c15-13(16,14(17,18)27(21,22)23)25-26(19,20)8-5-6-10-9-3-1-2-4-11(9)24-12(10)7-8/h1-7H,(H,21,22,23). The van der Waals surface area contributed by atoms with E-state index in [-0.39, 0.29) is 5.58 Å². The van der Waals surface area contributed by atoms with E-state index in [1.54, 1.807) is 24.3 Å². The summed E-state index contributed by atoms with van der Waals surface area (Å²) in [6.07, 6.45) is -6.07. The van der Waals surface area contributed by atoms with E-state index in [1.807, 2.05) is 0 Å². The van der Waals surface area contributed by atoms with Crippen molar-refractivity contribution >= 4 is 42.2 Å². The molecule has 0 fully saturated rings. The molecular weight excluding hydrogens is 420 g/mol. The molecule has 0 bridgehead atoms. The van der Waals surface area contributed by atoms with Gasteiger partial charge in [-0.25, -0.2) is 0 Å². The quantitative estimate of drug-likeness (QED) is 0.377. The SMILES string of the molecule is O=S(=O)(OC(F)(F)C(F)(F)S(=O)(=O)O)c1ccc2c(c1)oc1ccccc12. The van der Waals surface area contributed by atoms with Crippen molar-refractivity contribution in [2.75, 3.05) is 0 Å². The molecule has 3 rings (SSSR count). The monoisotopic (exact) mass is 428 g/mol. The second kappa shape index (κ2) is 5.89. The fraction of sp³-hybridized carbons (Fsp3) is 0.143. The van der Waals surface area contributed by atoms with Gasteiger partial charge in [0, 0.05) is 16.8 Å². The van der Waals surface area contributed by atoms with Crippen LogP contribution in [0.25, 0.3) is 21.9 Å². The van der Waals surface area contributed by atoms with Crippen molar-refractivity contribution in [3.63, 3.8) is 0 Å². The van der Waals surface area contributed by atoms with Gasteiger partial charge in [0.25, 0.3) is 0 Å². The van der Waals surface area contributed by atoms with E-state index < -0.39 is 36.5 Å². The first-order valence-corrected chi connectivity index (χ1v) is 9.71. The maximum atomic E-state index is 13.4. The van der Waals surface area contributed by atoms with Gasteiger partial charge in [0.1, 0.15) is 11.2 Å². The highest BCUT2D eigenvalue weighted by atomic mass is 32.2. The van der Waals surface area contributed by atoms with Gasteiger partial charge in [-0.15, -0.1) is 0 Å². The molecule has 0 unspecified atom stereocenters. The molecule has 146 valence electrons. The zero-order valence-corrected chi connectivity index (χ0v) is 14.4. The molecule has 0 atom stereocenters. The van der Waals surface area contributed by atoms with Crippen LogP contribution in [-0.2, 0) is 24.4 Å². The van der Waals surface area contributed by atoms with Crippen molar-refractivity contribution in [3.05, 3.63) is 42.5 Å². The van der Waals surface area contributed by atoms with Crippen LogP contribution in [0.2, 0.25) is 0 Å². The number of fused-ring (bicyclic) bond motifs is 3. The van der Waals surface area contributed by atoms with E-state index in [0.717, 1.165) is 12.1 Å². The molecule has 0 saturated carbocycles. The van der Waals surface area contributed by atoms with Gasteiger partial charge in [-0.1, -0.05) is 18.2 Å². The van der Waals surface area contributed by atoms with Gasteiger partial charge in [0.2, 0.25) is 0 Å². The topological polar surface area (TPSA) is 111 Å². The largest absolute Gasteiger partial charge is 0.461 e. The van der Waals surface area contributed by atoms with Crippen LogP contribution >= 0.6 is 0 Å². The summed E-state index contributed by atoms with van der Waals surface area (Å²) in [5.41, 5.74) is 0.289. The number of halogens is 4. The van der Waals surface area contributed by atoms with E-state index >= 15 is 0 Å². The average Bonchev–Trinajstić information content (AvgIpc) is 2.90. The Morgan fingerprint density at radius 1 is 0.889 bits per heavy atom. The Labute approximate surface area is 149 Å². The Balaban J connectivity index is 2.06. The summed E-state index contributed by atoms with van der Waals surface area (Å²) in [6, 6.07) is 9.23. The number of benzene rings is 2. The molecule has 2 aromatic carbocycles. The summed E-state index contributed by atoms with van der Waals surface area (Å²) in [4.78, 5) is -0.986. The minimum atomic E-state index is -6.66. The number of para-hydroxylation sites is 1. The summed E-state index contributed by atoms with van der Waals surface area (Å²) >= 11 is 0. The molecule has 0 aliphatic heterocycles. The first kappa shape index (κ1) is 19.5. The summed E-state index contributed by atoms with van der Waals surface area (Å²) in [7, 11) is -12.2. The van der Waals surface area contributed by atoms with E-state index in [0.29, 0.717) is 16.4 Å². The van der Waals surface area contributed by atoms with Crippen molar-refractivity contribution < 1.29 is 47.6 Å². The molecule has 0 radical (unpaired) electrons. The summed E-state index contributed by atoms with van der Waals surface area (Å²) in [5, 5.41) is -5.20. The minimum Gasteiger partial charge on any atom is -0.456 e. The van der Waals surface area contributed by atoms with E-state index in [1.165, 1.54) is 6.07 Å². The molecule has 0 aliphatic carbocycles. The second-order valence-corrected chi connectivity index (χ2v) is 8.31. The maximum Gasteiger partial charge on any atom is 0.461 e. The van der Waals surface area contributed by atoms with Crippen LogP contribution in [-0.4, -0.2) is 32.8 Å². The Morgan fingerprint density at radius 3 is 2.11 bits per heavy atom. The normalized spacial score (nSPS) is 14.1. The average molecular weight is 428 g/mol. The zero-order chi connectivity index (χ0) is 20.3. The first-order valence-electron chi connectivity index (χ1n) is 6.86. The molecule has 0 spiro atoms. The Kier molecular flexibility index (Phi) is 4.26. The van der Waals surface area contributed by atoms with Crippen LogP contribution in [0.1, 0.15) is 0 Å². The Bertz CT molecular complexity index is 1250. The zero-order valence-electron chi connectivity index (χ0n) is 12.8. The van der Waals surface area contributed by atoms with Crippen molar-refractivity contribution in [3.8, 4) is 0 Å². The van der Waals surface area contributed by atoms with Gasteiger partial charge in [-0.3, -0.25) is 4.55 Å². The third-order valence-corrected chi connectivity index (χ3v) is 5.66. The number of hydrogen-bond donors (Lipinski definition) is 1. The molecule has 1 N–H and O–H groups in total. The number of hydrogen-bond acceptors (Lipinski definition) is 6. The van der Waals surface area contributed by atoms with Gasteiger partial charge < -0.3 is 4.42 Å². The molecule has 3 aromatic rings. The summed E-state index contributed by atoms with van der Waals surface area (Å²) in [6.45, 7) is 0. The van der Waals surface area contributed by atoms with E-state index in [9.17, 15) is 34.4 Å². The molecule has 1 aromatic heterocycles. The van der Waals surface area contributed by atoms with Crippen LogP contribution in [0.15, 0.2) is 51.8 Å². The highest BCUT2D eigenvalue weighted by Gasteiger charge is 2.69. The fourth-order valence-electron chi connectivity index (χ4n) is 2.25. The summed E-state index contributed by atoms with van der Waals surface area (Å²) in [5.74, 6) is 0. The molecule has 7 nitrogen and oxygen atoms in total. The van der Waals surface area contributed by atoms with Crippen molar-refractivity contribution in [2.24, 2.45) is 0 Å². The van der Waals surface area contributed by atoms with Crippen LogP contribution in [0.3, 0.4) is 0 Å². The molecular formula is C14H8F4O7S2. The van der Waals surface area contributed by atoms with Crippen molar-refractivity contribution in [1.29, 1.82) is 0 Å². The lowest BCUT2D eigenvalue weighted by molar-refractivity contribution is -0.272.